The van der Waals surface area contributed by atoms with Gasteiger partial charge in [-0.3, -0.25) is 10.1 Å². The van der Waals surface area contributed by atoms with Crippen LogP contribution in [0.4, 0.5) is 5.69 Å². The molecule has 0 unspecified atom stereocenters. The summed E-state index contributed by atoms with van der Waals surface area (Å²) in [6.45, 7) is 1.98. The normalized spacial score (nSPS) is 10.3. The Morgan fingerprint density at radius 3 is 2.65 bits per heavy atom. The molecule has 5 nitrogen and oxygen atoms in total. The molecule has 2 N–H and O–H groups in total. The van der Waals surface area contributed by atoms with Crippen molar-refractivity contribution in [1.82, 2.24) is 0 Å². The summed E-state index contributed by atoms with van der Waals surface area (Å²) in [4.78, 5) is 10.3. The van der Waals surface area contributed by atoms with Crippen molar-refractivity contribution in [3.05, 3.63) is 62.7 Å². The van der Waals surface area contributed by atoms with E-state index in [4.69, 9.17) is 22.1 Å². The first-order chi connectivity index (χ1) is 9.51. The van der Waals surface area contributed by atoms with E-state index in [2.05, 4.69) is 0 Å². The molecule has 0 saturated carbocycles. The zero-order valence-electron chi connectivity index (χ0n) is 10.8. The van der Waals surface area contributed by atoms with Crippen molar-refractivity contribution in [1.29, 1.82) is 0 Å². The van der Waals surface area contributed by atoms with Crippen molar-refractivity contribution in [2.75, 3.05) is 0 Å². The molecule has 104 valence electrons. The summed E-state index contributed by atoms with van der Waals surface area (Å²) < 4.78 is 5.71. The van der Waals surface area contributed by atoms with Crippen LogP contribution in [0.5, 0.6) is 11.5 Å². The molecule has 0 atom stereocenters. The van der Waals surface area contributed by atoms with E-state index in [0.29, 0.717) is 28.6 Å². The smallest absolute Gasteiger partial charge is 0.272 e. The lowest BCUT2D eigenvalue weighted by atomic mass is 10.2. The molecule has 0 radical (unpaired) electrons. The predicted octanol–water partition coefficient (Wildman–Crippen LogP) is 3.81. The number of nitrogens with two attached hydrogens (primary N) is 1. The number of nitro groups is 1. The molecule has 20 heavy (non-hydrogen) atoms. The summed E-state index contributed by atoms with van der Waals surface area (Å²) >= 11 is 5.93. The molecule has 0 amide bonds. The van der Waals surface area contributed by atoms with Gasteiger partial charge in [0, 0.05) is 28.8 Å². The molecule has 6 heteroatoms. The number of halogens is 1. The Hall–Kier alpha value is -2.11. The van der Waals surface area contributed by atoms with E-state index in [0.717, 1.165) is 5.56 Å². The maximum Gasteiger partial charge on any atom is 0.272 e. The molecule has 0 fully saturated rings. The number of hydrogen-bond donors (Lipinski definition) is 1. The Balaban J connectivity index is 2.33. The highest BCUT2D eigenvalue weighted by molar-refractivity contribution is 6.30. The van der Waals surface area contributed by atoms with Gasteiger partial charge in [0.15, 0.2) is 0 Å². The minimum atomic E-state index is -0.427. The Morgan fingerprint density at radius 2 is 2.05 bits per heavy atom. The van der Waals surface area contributed by atoms with Gasteiger partial charge < -0.3 is 10.5 Å². The van der Waals surface area contributed by atoms with Crippen LogP contribution in [0.2, 0.25) is 5.02 Å². The number of rotatable bonds is 4. The van der Waals surface area contributed by atoms with E-state index in [-0.39, 0.29) is 5.69 Å². The Kier molecular flexibility index (Phi) is 4.22. The number of aryl methyl sites for hydroxylation is 1. The van der Waals surface area contributed by atoms with Crippen LogP contribution in [0.15, 0.2) is 36.4 Å². The lowest BCUT2D eigenvalue weighted by Crippen LogP contribution is -1.99. The topological polar surface area (TPSA) is 78.4 Å². The first-order valence-electron chi connectivity index (χ1n) is 5.92. The summed E-state index contributed by atoms with van der Waals surface area (Å²) in [6.07, 6.45) is 0. The van der Waals surface area contributed by atoms with E-state index >= 15 is 0 Å². The maximum atomic E-state index is 10.8. The number of hydrogen-bond acceptors (Lipinski definition) is 4. The van der Waals surface area contributed by atoms with Crippen LogP contribution in [-0.2, 0) is 6.54 Å². The van der Waals surface area contributed by atoms with Gasteiger partial charge in [-0.25, -0.2) is 0 Å². The minimum Gasteiger partial charge on any atom is -0.457 e. The molecule has 0 heterocycles. The molecule has 0 aliphatic heterocycles. The lowest BCUT2D eigenvalue weighted by molar-refractivity contribution is -0.385. The number of ether oxygens (including phenoxy) is 1. The Bertz CT molecular complexity index is 659. The second kappa shape index (κ2) is 5.90. The fourth-order valence-electron chi connectivity index (χ4n) is 1.82. The number of nitro benzene ring substituents is 1. The van der Waals surface area contributed by atoms with Gasteiger partial charge in [-0.05, 0) is 31.2 Å². The standard InChI is InChI=1S/C14H13ClN2O3/c1-9-6-12(4-5-13(9)17(18)19)20-14-7-11(15)3-2-10(14)8-16/h2-7H,8,16H2,1H3. The van der Waals surface area contributed by atoms with Crippen molar-refractivity contribution in [2.45, 2.75) is 13.5 Å². The van der Waals surface area contributed by atoms with E-state index in [9.17, 15) is 10.1 Å². The van der Waals surface area contributed by atoms with Crippen LogP contribution in [0.25, 0.3) is 0 Å². The summed E-state index contributed by atoms with van der Waals surface area (Å²) in [5.74, 6) is 1.05. The van der Waals surface area contributed by atoms with Gasteiger partial charge in [-0.1, -0.05) is 17.7 Å². The van der Waals surface area contributed by atoms with Gasteiger partial charge in [-0.2, -0.15) is 0 Å². The predicted molar refractivity (Wildman–Crippen MR) is 77.3 cm³/mol. The summed E-state index contributed by atoms with van der Waals surface area (Å²) in [6, 6.07) is 9.76. The van der Waals surface area contributed by atoms with Crippen LogP contribution in [0.1, 0.15) is 11.1 Å². The zero-order valence-corrected chi connectivity index (χ0v) is 11.6. The summed E-state index contributed by atoms with van der Waals surface area (Å²) in [5.41, 5.74) is 7.04. The van der Waals surface area contributed by atoms with Crippen molar-refractivity contribution >= 4 is 17.3 Å². The Morgan fingerprint density at radius 1 is 1.30 bits per heavy atom. The van der Waals surface area contributed by atoms with Crippen LogP contribution in [0.3, 0.4) is 0 Å². The van der Waals surface area contributed by atoms with Gasteiger partial charge in [0.2, 0.25) is 0 Å². The van der Waals surface area contributed by atoms with Crippen molar-refractivity contribution < 1.29 is 9.66 Å². The first-order valence-corrected chi connectivity index (χ1v) is 6.30. The van der Waals surface area contributed by atoms with E-state index in [1.54, 1.807) is 37.3 Å². The number of nitrogens with zero attached hydrogens (tertiary/aromatic N) is 1. The van der Waals surface area contributed by atoms with Gasteiger partial charge in [-0.15, -0.1) is 0 Å². The third kappa shape index (κ3) is 3.07. The molecule has 2 aromatic rings. The second-order valence-corrected chi connectivity index (χ2v) is 4.70. The van der Waals surface area contributed by atoms with Crippen LogP contribution < -0.4 is 10.5 Å². The fraction of sp³-hybridized carbons (Fsp3) is 0.143. The van der Waals surface area contributed by atoms with Crippen LogP contribution >= 0.6 is 11.6 Å². The summed E-state index contributed by atoms with van der Waals surface area (Å²) in [5, 5.41) is 11.3. The molecule has 0 aliphatic carbocycles. The fourth-order valence-corrected chi connectivity index (χ4v) is 1.98. The highest BCUT2D eigenvalue weighted by Gasteiger charge is 2.12. The molecular formula is C14H13ClN2O3. The molecule has 2 aromatic carbocycles. The zero-order chi connectivity index (χ0) is 14.7. The number of benzene rings is 2. The van der Waals surface area contributed by atoms with Crippen LogP contribution in [0, 0.1) is 17.0 Å². The van der Waals surface area contributed by atoms with E-state index < -0.39 is 4.92 Å². The van der Waals surface area contributed by atoms with Crippen molar-refractivity contribution in [3.8, 4) is 11.5 Å². The average Bonchev–Trinajstić information content (AvgIpc) is 2.38. The highest BCUT2D eigenvalue weighted by atomic mass is 35.5. The SMILES string of the molecule is Cc1cc(Oc2cc(Cl)ccc2CN)ccc1[N+](=O)[O-]. The molecule has 0 aliphatic rings. The Labute approximate surface area is 121 Å². The molecule has 0 saturated heterocycles. The lowest BCUT2D eigenvalue weighted by Gasteiger charge is -2.11. The maximum absolute atomic E-state index is 10.8. The third-order valence-electron chi connectivity index (χ3n) is 2.84. The van der Waals surface area contributed by atoms with E-state index in [1.165, 1.54) is 6.07 Å². The molecule has 2 rings (SSSR count). The van der Waals surface area contributed by atoms with Gasteiger partial charge in [0.25, 0.3) is 5.69 Å². The molecule has 0 bridgehead atoms. The van der Waals surface area contributed by atoms with Gasteiger partial charge in [0.05, 0.1) is 4.92 Å². The average molecular weight is 293 g/mol. The summed E-state index contributed by atoms with van der Waals surface area (Å²) in [7, 11) is 0. The van der Waals surface area contributed by atoms with Gasteiger partial charge in [0.1, 0.15) is 11.5 Å². The van der Waals surface area contributed by atoms with E-state index in [1.807, 2.05) is 0 Å². The first kappa shape index (κ1) is 14.3. The van der Waals surface area contributed by atoms with Gasteiger partial charge >= 0.3 is 0 Å². The van der Waals surface area contributed by atoms with Crippen LogP contribution in [-0.4, -0.2) is 4.92 Å². The molecular weight excluding hydrogens is 280 g/mol. The quantitative estimate of drug-likeness (QED) is 0.686. The van der Waals surface area contributed by atoms with Crippen molar-refractivity contribution in [3.63, 3.8) is 0 Å². The van der Waals surface area contributed by atoms with Crippen molar-refractivity contribution in [2.24, 2.45) is 5.73 Å². The molecule has 0 aromatic heterocycles. The monoisotopic (exact) mass is 292 g/mol. The highest BCUT2D eigenvalue weighted by Crippen LogP contribution is 2.30. The molecule has 0 spiro atoms. The largest absolute Gasteiger partial charge is 0.457 e. The second-order valence-electron chi connectivity index (χ2n) is 4.26. The minimum absolute atomic E-state index is 0.0579. The third-order valence-corrected chi connectivity index (χ3v) is 3.08.